The molecule has 5 heteroatoms. The number of benzene rings is 2. The van der Waals surface area contributed by atoms with Crippen molar-refractivity contribution in [1.29, 1.82) is 0 Å². The van der Waals surface area contributed by atoms with Crippen molar-refractivity contribution in [3.63, 3.8) is 0 Å². The van der Waals surface area contributed by atoms with Gasteiger partial charge in [0.15, 0.2) is 0 Å². The second kappa shape index (κ2) is 9.11. The van der Waals surface area contributed by atoms with Gasteiger partial charge >= 0.3 is 0 Å². The monoisotopic (exact) mass is 433 g/mol. The molecule has 2 aliphatic rings. The van der Waals surface area contributed by atoms with Crippen molar-refractivity contribution in [2.24, 2.45) is 11.7 Å². The molecule has 0 bridgehead atoms. The Balaban J connectivity index is 1.54. The summed E-state index contributed by atoms with van der Waals surface area (Å²) in [4.78, 5) is 7.21. The minimum Gasteiger partial charge on any atom is -0.496 e. The van der Waals surface area contributed by atoms with E-state index < -0.39 is 0 Å². The Bertz CT molecular complexity index is 991. The fourth-order valence-corrected chi connectivity index (χ4v) is 6.37. The molecule has 1 aliphatic carbocycles. The molecule has 2 N–H and O–H groups in total. The Kier molecular flexibility index (Phi) is 6.08. The Morgan fingerprint density at radius 2 is 1.97 bits per heavy atom. The van der Waals surface area contributed by atoms with Gasteiger partial charge in [0.1, 0.15) is 10.8 Å². The summed E-state index contributed by atoms with van der Waals surface area (Å²) in [5, 5.41) is 3.08. The highest BCUT2D eigenvalue weighted by atomic mass is 32.1. The van der Waals surface area contributed by atoms with Crippen molar-refractivity contribution >= 4 is 11.3 Å². The van der Waals surface area contributed by atoms with Crippen LogP contribution in [0, 0.1) is 5.92 Å². The van der Waals surface area contributed by atoms with E-state index in [0.717, 1.165) is 29.3 Å². The minimum atomic E-state index is 0.148. The first-order valence-corrected chi connectivity index (χ1v) is 12.3. The van der Waals surface area contributed by atoms with Crippen LogP contribution >= 0.6 is 11.3 Å². The molecule has 162 valence electrons. The second-order valence-electron chi connectivity index (χ2n) is 8.90. The number of aromatic nitrogens is 1. The number of thiazole rings is 1. The summed E-state index contributed by atoms with van der Waals surface area (Å²) in [6, 6.07) is 18.3. The number of hydrogen-bond donors (Lipinski definition) is 1. The van der Waals surface area contributed by atoms with Gasteiger partial charge in [-0.3, -0.25) is 4.90 Å². The van der Waals surface area contributed by atoms with Crippen LogP contribution in [0.5, 0.6) is 5.75 Å². The van der Waals surface area contributed by atoms with E-state index in [4.69, 9.17) is 10.5 Å². The summed E-state index contributed by atoms with van der Waals surface area (Å²) in [7, 11) is 1.77. The maximum Gasteiger partial charge on any atom is 0.123 e. The number of likely N-dealkylation sites (tertiary alicyclic amines) is 1. The van der Waals surface area contributed by atoms with Gasteiger partial charge in [0.2, 0.25) is 0 Å². The molecule has 4 atom stereocenters. The molecule has 0 radical (unpaired) electrons. The summed E-state index contributed by atoms with van der Waals surface area (Å²) in [6.45, 7) is 0.844. The Hall–Kier alpha value is -2.21. The zero-order valence-electron chi connectivity index (χ0n) is 18.1. The SMILES string of the molecule is COc1ccc(-c2nccs2)cc1CN1C2CCCCC2C[C@H](N)[C@@H]1c1ccccc1. The number of methoxy groups -OCH3 is 1. The highest BCUT2D eigenvalue weighted by Gasteiger charge is 2.43. The molecule has 3 aromatic rings. The van der Waals surface area contributed by atoms with Crippen molar-refractivity contribution in [3.05, 3.63) is 71.2 Å². The van der Waals surface area contributed by atoms with Gasteiger partial charge in [0.05, 0.1) is 13.2 Å². The molecule has 31 heavy (non-hydrogen) atoms. The van der Waals surface area contributed by atoms with Crippen molar-refractivity contribution in [1.82, 2.24) is 9.88 Å². The second-order valence-corrected chi connectivity index (χ2v) is 9.80. The lowest BCUT2D eigenvalue weighted by Gasteiger charge is -2.51. The van der Waals surface area contributed by atoms with E-state index in [0.29, 0.717) is 12.0 Å². The van der Waals surface area contributed by atoms with Crippen molar-refractivity contribution in [2.75, 3.05) is 7.11 Å². The number of rotatable bonds is 5. The van der Waals surface area contributed by atoms with Crippen LogP contribution in [0.25, 0.3) is 10.6 Å². The standard InChI is InChI=1S/C26H31N3OS/c1-30-24-12-11-20(26-28-13-14-31-26)15-21(24)17-29-23-10-6-5-9-19(23)16-22(27)25(29)18-7-3-2-4-8-18/h2-4,7-8,11-15,19,22-23,25H,5-6,9-10,16-17,27H2,1H3/t19?,22-,23?,25-/m0/s1. The third kappa shape index (κ3) is 4.14. The number of ether oxygens (including phenoxy) is 1. The van der Waals surface area contributed by atoms with Gasteiger partial charge in [-0.2, -0.15) is 0 Å². The van der Waals surface area contributed by atoms with Gasteiger partial charge in [0, 0.05) is 41.3 Å². The zero-order valence-corrected chi connectivity index (χ0v) is 18.9. The van der Waals surface area contributed by atoms with E-state index in [2.05, 4.69) is 58.4 Å². The topological polar surface area (TPSA) is 51.4 Å². The molecule has 0 amide bonds. The summed E-state index contributed by atoms with van der Waals surface area (Å²) in [6.07, 6.45) is 8.19. The van der Waals surface area contributed by atoms with Crippen LogP contribution in [0.2, 0.25) is 0 Å². The molecule has 1 aliphatic heterocycles. The van der Waals surface area contributed by atoms with Crippen LogP contribution in [-0.4, -0.2) is 29.1 Å². The first-order chi connectivity index (χ1) is 15.2. The van der Waals surface area contributed by atoms with Crippen LogP contribution in [0.1, 0.15) is 49.3 Å². The predicted octanol–water partition coefficient (Wildman–Crippen LogP) is 5.65. The first kappa shape index (κ1) is 20.7. The molecule has 5 rings (SSSR count). The third-order valence-corrected chi connectivity index (χ3v) is 7.91. The lowest BCUT2D eigenvalue weighted by atomic mass is 9.73. The maximum atomic E-state index is 6.86. The van der Waals surface area contributed by atoms with E-state index in [9.17, 15) is 0 Å². The highest BCUT2D eigenvalue weighted by molar-refractivity contribution is 7.13. The molecular weight excluding hydrogens is 402 g/mol. The van der Waals surface area contributed by atoms with E-state index in [1.807, 2.05) is 11.6 Å². The third-order valence-electron chi connectivity index (χ3n) is 7.09. The minimum absolute atomic E-state index is 0.148. The summed E-state index contributed by atoms with van der Waals surface area (Å²) in [5.41, 5.74) is 10.6. The van der Waals surface area contributed by atoms with Gasteiger partial charge in [-0.25, -0.2) is 4.98 Å². The maximum absolute atomic E-state index is 6.86. The normalized spacial score (nSPS) is 26.4. The van der Waals surface area contributed by atoms with Crippen LogP contribution in [0.15, 0.2) is 60.1 Å². The quantitative estimate of drug-likeness (QED) is 0.565. The van der Waals surface area contributed by atoms with E-state index in [1.165, 1.54) is 36.8 Å². The van der Waals surface area contributed by atoms with E-state index in [-0.39, 0.29) is 12.1 Å². The smallest absolute Gasteiger partial charge is 0.123 e. The first-order valence-electron chi connectivity index (χ1n) is 11.4. The largest absolute Gasteiger partial charge is 0.496 e. The Morgan fingerprint density at radius 1 is 1.13 bits per heavy atom. The van der Waals surface area contributed by atoms with Crippen molar-refractivity contribution in [3.8, 4) is 16.3 Å². The van der Waals surface area contributed by atoms with Crippen molar-refractivity contribution < 1.29 is 4.74 Å². The lowest BCUT2D eigenvalue weighted by molar-refractivity contribution is -0.00555. The Labute approximate surface area is 189 Å². The predicted molar refractivity (Wildman–Crippen MR) is 127 cm³/mol. The number of nitrogens with two attached hydrogens (primary N) is 1. The lowest BCUT2D eigenvalue weighted by Crippen LogP contribution is -2.55. The molecule has 2 fully saturated rings. The molecule has 1 saturated carbocycles. The van der Waals surface area contributed by atoms with Gasteiger partial charge in [-0.1, -0.05) is 43.2 Å². The summed E-state index contributed by atoms with van der Waals surface area (Å²) < 4.78 is 5.79. The molecule has 1 saturated heterocycles. The van der Waals surface area contributed by atoms with Crippen LogP contribution in [0.3, 0.4) is 0 Å². The molecular formula is C26H31N3OS. The molecule has 2 heterocycles. The number of nitrogens with zero attached hydrogens (tertiary/aromatic N) is 2. The van der Waals surface area contributed by atoms with Gasteiger partial charge < -0.3 is 10.5 Å². The molecule has 4 nitrogen and oxygen atoms in total. The fourth-order valence-electron chi connectivity index (χ4n) is 5.73. The number of hydrogen-bond acceptors (Lipinski definition) is 5. The van der Waals surface area contributed by atoms with Gasteiger partial charge in [-0.05, 0) is 48.9 Å². The fraction of sp³-hybridized carbons (Fsp3) is 0.423. The highest BCUT2D eigenvalue weighted by Crippen LogP contribution is 2.44. The van der Waals surface area contributed by atoms with Gasteiger partial charge in [-0.15, -0.1) is 11.3 Å². The summed E-state index contributed by atoms with van der Waals surface area (Å²) in [5.74, 6) is 1.63. The van der Waals surface area contributed by atoms with Crippen LogP contribution in [-0.2, 0) is 6.54 Å². The van der Waals surface area contributed by atoms with Crippen LogP contribution in [0.4, 0.5) is 0 Å². The zero-order chi connectivity index (χ0) is 21.2. The average molecular weight is 434 g/mol. The Morgan fingerprint density at radius 3 is 2.74 bits per heavy atom. The van der Waals surface area contributed by atoms with Crippen LogP contribution < -0.4 is 10.5 Å². The molecule has 2 unspecified atom stereocenters. The average Bonchev–Trinajstić information content (AvgIpc) is 3.35. The summed E-state index contributed by atoms with van der Waals surface area (Å²) >= 11 is 1.67. The van der Waals surface area contributed by atoms with E-state index >= 15 is 0 Å². The van der Waals surface area contributed by atoms with Crippen molar-refractivity contribution in [2.45, 2.75) is 56.8 Å². The number of piperidine rings is 1. The van der Waals surface area contributed by atoms with E-state index in [1.54, 1.807) is 18.4 Å². The molecule has 0 spiro atoms. The number of fused-ring (bicyclic) bond motifs is 1. The van der Waals surface area contributed by atoms with Gasteiger partial charge in [0.25, 0.3) is 0 Å². The molecule has 2 aromatic carbocycles. The molecule has 1 aromatic heterocycles.